The lowest BCUT2D eigenvalue weighted by Gasteiger charge is -2.21. The van der Waals surface area contributed by atoms with Crippen LogP contribution in [0, 0.1) is 0 Å². The van der Waals surface area contributed by atoms with Gasteiger partial charge in [-0.15, -0.1) is 0 Å². The van der Waals surface area contributed by atoms with Gasteiger partial charge in [-0.3, -0.25) is 9.59 Å². The Morgan fingerprint density at radius 3 is 2.50 bits per heavy atom. The van der Waals surface area contributed by atoms with Crippen molar-refractivity contribution in [1.29, 1.82) is 0 Å². The van der Waals surface area contributed by atoms with Crippen LogP contribution in [0.2, 0.25) is 5.02 Å². The predicted molar refractivity (Wildman–Crippen MR) is 93.5 cm³/mol. The maximum Gasteiger partial charge on any atom is 0.263 e. The molecule has 5 heteroatoms. The number of rotatable bonds is 4. The van der Waals surface area contributed by atoms with Gasteiger partial charge in [0.25, 0.3) is 5.91 Å². The second-order valence-electron chi connectivity index (χ2n) is 6.04. The second-order valence-corrected chi connectivity index (χ2v) is 6.47. The standard InChI is InChI=1S/C19H18ClNO3/c1-3-12-4-6-13(7-5-12)17(22)11-19(24)15-10-14(20)8-9-16(15)21(2)18(19)23/h4-10,24H,3,11H2,1-2H3/t19-/m1/s1. The summed E-state index contributed by atoms with van der Waals surface area (Å²) in [6.45, 7) is 2.03. The number of carbonyl (C=O) groups excluding carboxylic acids is 2. The molecule has 124 valence electrons. The van der Waals surface area contributed by atoms with Gasteiger partial charge in [0, 0.05) is 23.2 Å². The highest BCUT2D eigenvalue weighted by atomic mass is 35.5. The van der Waals surface area contributed by atoms with Gasteiger partial charge in [0.2, 0.25) is 0 Å². The third-order valence-electron chi connectivity index (χ3n) is 4.52. The first-order chi connectivity index (χ1) is 11.4. The Morgan fingerprint density at radius 2 is 1.88 bits per heavy atom. The van der Waals surface area contributed by atoms with E-state index in [2.05, 4.69) is 0 Å². The zero-order valence-corrected chi connectivity index (χ0v) is 14.3. The van der Waals surface area contributed by atoms with Crippen molar-refractivity contribution in [3.8, 4) is 0 Å². The molecule has 4 nitrogen and oxygen atoms in total. The number of hydrogen-bond donors (Lipinski definition) is 1. The number of nitrogens with zero attached hydrogens (tertiary/aromatic N) is 1. The first-order valence-electron chi connectivity index (χ1n) is 7.79. The summed E-state index contributed by atoms with van der Waals surface area (Å²) in [5.41, 5.74) is 0.669. The highest BCUT2D eigenvalue weighted by Crippen LogP contribution is 2.43. The summed E-state index contributed by atoms with van der Waals surface area (Å²) in [7, 11) is 1.58. The Labute approximate surface area is 145 Å². The SMILES string of the molecule is CCc1ccc(C(=O)C[C@]2(O)C(=O)N(C)c3ccc(Cl)cc32)cc1. The van der Waals surface area contributed by atoms with Crippen LogP contribution in [-0.2, 0) is 16.8 Å². The van der Waals surface area contributed by atoms with Crippen molar-refractivity contribution in [2.24, 2.45) is 0 Å². The molecule has 1 atom stereocenters. The fourth-order valence-corrected chi connectivity index (χ4v) is 3.24. The van der Waals surface area contributed by atoms with E-state index in [4.69, 9.17) is 11.6 Å². The highest BCUT2D eigenvalue weighted by Gasteiger charge is 2.49. The van der Waals surface area contributed by atoms with Gasteiger partial charge in [-0.05, 0) is 30.2 Å². The van der Waals surface area contributed by atoms with E-state index in [1.54, 1.807) is 37.4 Å². The first-order valence-corrected chi connectivity index (χ1v) is 8.17. The number of halogens is 1. The summed E-state index contributed by atoms with van der Waals surface area (Å²) >= 11 is 6.01. The first kappa shape index (κ1) is 16.7. The molecule has 1 N–H and O–H groups in total. The van der Waals surface area contributed by atoms with Crippen molar-refractivity contribution < 1.29 is 14.7 Å². The maximum atomic E-state index is 12.6. The topological polar surface area (TPSA) is 57.6 Å². The molecule has 1 aliphatic heterocycles. The molecule has 0 aliphatic carbocycles. The van der Waals surface area contributed by atoms with Crippen LogP contribution in [0.1, 0.15) is 34.8 Å². The molecule has 0 fully saturated rings. The van der Waals surface area contributed by atoms with Gasteiger partial charge < -0.3 is 10.0 Å². The molecule has 3 rings (SSSR count). The molecule has 0 bridgehead atoms. The number of ketones is 1. The van der Waals surface area contributed by atoms with Gasteiger partial charge in [-0.25, -0.2) is 0 Å². The molecule has 1 heterocycles. The van der Waals surface area contributed by atoms with Gasteiger partial charge >= 0.3 is 0 Å². The minimum absolute atomic E-state index is 0.283. The number of benzene rings is 2. The van der Waals surface area contributed by atoms with Crippen LogP contribution in [0.3, 0.4) is 0 Å². The lowest BCUT2D eigenvalue weighted by molar-refractivity contribution is -0.135. The van der Waals surface area contributed by atoms with Gasteiger partial charge in [-0.1, -0.05) is 42.8 Å². The molecule has 2 aromatic rings. The van der Waals surface area contributed by atoms with Crippen LogP contribution >= 0.6 is 11.6 Å². The molecule has 0 radical (unpaired) electrons. The molecule has 2 aromatic carbocycles. The Morgan fingerprint density at radius 1 is 1.21 bits per heavy atom. The van der Waals surface area contributed by atoms with Crippen molar-refractivity contribution in [1.82, 2.24) is 0 Å². The van der Waals surface area contributed by atoms with Crippen LogP contribution in [0.4, 0.5) is 5.69 Å². The maximum absolute atomic E-state index is 12.6. The lowest BCUT2D eigenvalue weighted by atomic mass is 9.88. The number of amides is 1. The van der Waals surface area contributed by atoms with E-state index in [1.165, 1.54) is 4.90 Å². The molecule has 24 heavy (non-hydrogen) atoms. The van der Waals surface area contributed by atoms with Crippen LogP contribution in [0.25, 0.3) is 0 Å². The van der Waals surface area contributed by atoms with E-state index in [0.29, 0.717) is 21.8 Å². The number of anilines is 1. The summed E-state index contributed by atoms with van der Waals surface area (Å²) in [6.07, 6.45) is 0.572. The Hall–Kier alpha value is -2.17. The van der Waals surface area contributed by atoms with E-state index in [-0.39, 0.29) is 12.2 Å². The van der Waals surface area contributed by atoms with Crippen LogP contribution in [0.15, 0.2) is 42.5 Å². The number of likely N-dealkylation sites (N-methyl/N-ethyl adjacent to an activating group) is 1. The van der Waals surface area contributed by atoms with E-state index < -0.39 is 11.5 Å². The van der Waals surface area contributed by atoms with Gasteiger partial charge in [0.1, 0.15) is 0 Å². The van der Waals surface area contributed by atoms with Crippen LogP contribution in [-0.4, -0.2) is 23.8 Å². The molecule has 0 saturated heterocycles. The number of carbonyl (C=O) groups is 2. The largest absolute Gasteiger partial charge is 0.375 e. The Bertz CT molecular complexity index is 816. The lowest BCUT2D eigenvalue weighted by Crippen LogP contribution is -2.40. The van der Waals surface area contributed by atoms with Gasteiger partial charge in [0.05, 0.1) is 12.1 Å². The average Bonchev–Trinajstić information content (AvgIpc) is 2.76. The van der Waals surface area contributed by atoms with Crippen LogP contribution in [0.5, 0.6) is 0 Å². The molecule has 0 saturated carbocycles. The normalized spacial score (nSPS) is 19.5. The molecule has 0 aromatic heterocycles. The number of hydrogen-bond acceptors (Lipinski definition) is 3. The van der Waals surface area contributed by atoms with Gasteiger partial charge in [-0.2, -0.15) is 0 Å². The predicted octanol–water partition coefficient (Wildman–Crippen LogP) is 3.34. The summed E-state index contributed by atoms with van der Waals surface area (Å²) in [4.78, 5) is 26.5. The zero-order chi connectivity index (χ0) is 17.5. The molecular weight excluding hydrogens is 326 g/mol. The van der Waals surface area contributed by atoms with E-state index in [9.17, 15) is 14.7 Å². The minimum atomic E-state index is -1.88. The minimum Gasteiger partial charge on any atom is -0.375 e. The number of Topliss-reactive ketones (excluding diaryl/α,β-unsaturated/α-hetero) is 1. The Balaban J connectivity index is 1.95. The molecule has 1 amide bonds. The molecular formula is C19H18ClNO3. The van der Waals surface area contributed by atoms with E-state index in [1.807, 2.05) is 19.1 Å². The van der Waals surface area contributed by atoms with Crippen molar-refractivity contribution in [3.63, 3.8) is 0 Å². The number of aliphatic hydroxyl groups is 1. The summed E-state index contributed by atoms with van der Waals surface area (Å²) < 4.78 is 0. The third kappa shape index (κ3) is 2.62. The highest BCUT2D eigenvalue weighted by molar-refractivity contribution is 6.31. The van der Waals surface area contributed by atoms with Gasteiger partial charge in [0.15, 0.2) is 11.4 Å². The smallest absolute Gasteiger partial charge is 0.263 e. The molecule has 0 spiro atoms. The molecule has 1 aliphatic rings. The van der Waals surface area contributed by atoms with Crippen molar-refractivity contribution >= 4 is 29.0 Å². The second kappa shape index (κ2) is 6.04. The summed E-state index contributed by atoms with van der Waals surface area (Å²) in [6, 6.07) is 12.1. The Kier molecular flexibility index (Phi) is 4.20. The number of aryl methyl sites for hydroxylation is 1. The van der Waals surface area contributed by atoms with Crippen molar-refractivity contribution in [2.45, 2.75) is 25.4 Å². The quantitative estimate of drug-likeness (QED) is 0.866. The summed E-state index contributed by atoms with van der Waals surface area (Å²) in [5.74, 6) is -0.798. The average molecular weight is 344 g/mol. The zero-order valence-electron chi connectivity index (χ0n) is 13.5. The van der Waals surface area contributed by atoms with E-state index in [0.717, 1.165) is 12.0 Å². The molecule has 0 unspecified atom stereocenters. The fraction of sp³-hybridized carbons (Fsp3) is 0.263. The third-order valence-corrected chi connectivity index (χ3v) is 4.76. The summed E-state index contributed by atoms with van der Waals surface area (Å²) in [5, 5.41) is 11.4. The fourth-order valence-electron chi connectivity index (χ4n) is 3.07. The monoisotopic (exact) mass is 343 g/mol. The van der Waals surface area contributed by atoms with E-state index >= 15 is 0 Å². The number of fused-ring (bicyclic) bond motifs is 1. The van der Waals surface area contributed by atoms with Crippen LogP contribution < -0.4 is 4.90 Å². The van der Waals surface area contributed by atoms with Crippen molar-refractivity contribution in [2.75, 3.05) is 11.9 Å². The van der Waals surface area contributed by atoms with Crippen molar-refractivity contribution in [3.05, 3.63) is 64.2 Å².